The minimum atomic E-state index is 0.124. The maximum absolute atomic E-state index is 5.88. The average Bonchev–Trinajstić information content (AvgIpc) is 2.75. The second-order valence-electron chi connectivity index (χ2n) is 6.50. The summed E-state index contributed by atoms with van der Waals surface area (Å²) in [4.78, 5) is 6.17. The van der Waals surface area contributed by atoms with Gasteiger partial charge < -0.3 is 10.1 Å². The summed E-state index contributed by atoms with van der Waals surface area (Å²) in [5.74, 6) is 0.453. The van der Waals surface area contributed by atoms with Crippen molar-refractivity contribution in [3.63, 3.8) is 0 Å². The van der Waals surface area contributed by atoms with Gasteiger partial charge in [0, 0.05) is 23.6 Å². The summed E-state index contributed by atoms with van der Waals surface area (Å²) in [6.07, 6.45) is 1.10. The van der Waals surface area contributed by atoms with Crippen LogP contribution in [0.25, 0.3) is 0 Å². The van der Waals surface area contributed by atoms with Crippen molar-refractivity contribution in [2.75, 3.05) is 6.61 Å². The lowest BCUT2D eigenvalue weighted by molar-refractivity contribution is 0.0292. The fraction of sp³-hybridized carbons (Fsp3) is 0.812. The third kappa shape index (κ3) is 5.15. The molecule has 0 radical (unpaired) electrons. The Morgan fingerprint density at radius 1 is 1.25 bits per heavy atom. The van der Waals surface area contributed by atoms with Crippen LogP contribution in [0, 0.1) is 5.92 Å². The van der Waals surface area contributed by atoms with E-state index in [0.717, 1.165) is 24.6 Å². The maximum Gasteiger partial charge on any atom is 0.122 e. The van der Waals surface area contributed by atoms with Gasteiger partial charge in [0.15, 0.2) is 0 Å². The highest BCUT2D eigenvalue weighted by atomic mass is 32.1. The average molecular weight is 298 g/mol. The van der Waals surface area contributed by atoms with E-state index in [-0.39, 0.29) is 11.6 Å². The number of hydrogen-bond donors (Lipinski definition) is 1. The topological polar surface area (TPSA) is 34.1 Å². The molecular weight excluding hydrogens is 268 g/mol. The Kier molecular flexibility index (Phi) is 6.62. The molecule has 0 saturated carbocycles. The first-order chi connectivity index (χ1) is 9.28. The Labute approximate surface area is 128 Å². The number of nitrogens with zero attached hydrogens (tertiary/aromatic N) is 1. The van der Waals surface area contributed by atoms with Crippen LogP contribution in [0.2, 0.25) is 0 Å². The molecule has 0 aliphatic heterocycles. The minimum absolute atomic E-state index is 0.124. The Bertz CT molecular complexity index is 407. The van der Waals surface area contributed by atoms with Gasteiger partial charge in [0.05, 0.1) is 5.69 Å². The fourth-order valence-corrected chi connectivity index (χ4v) is 3.33. The first-order valence-electron chi connectivity index (χ1n) is 7.63. The molecule has 4 heteroatoms. The van der Waals surface area contributed by atoms with E-state index < -0.39 is 0 Å². The lowest BCUT2D eigenvalue weighted by Gasteiger charge is -2.20. The summed E-state index contributed by atoms with van der Waals surface area (Å²) >= 11 is 1.80. The number of hydrogen-bond acceptors (Lipinski definition) is 4. The predicted octanol–water partition coefficient (Wildman–Crippen LogP) is 4.33. The van der Waals surface area contributed by atoms with Gasteiger partial charge >= 0.3 is 0 Å². The van der Waals surface area contributed by atoms with Crippen LogP contribution in [-0.2, 0) is 17.7 Å². The number of aryl methyl sites for hydroxylation is 1. The highest BCUT2D eigenvalue weighted by Crippen LogP contribution is 2.31. The molecular formula is C16H30N2OS. The van der Waals surface area contributed by atoms with Gasteiger partial charge in [-0.3, -0.25) is 0 Å². The van der Waals surface area contributed by atoms with Crippen molar-refractivity contribution in [3.8, 4) is 0 Å². The minimum Gasteiger partial charge on any atom is -0.371 e. The molecule has 3 nitrogen and oxygen atoms in total. The summed E-state index contributed by atoms with van der Waals surface area (Å²) in [7, 11) is 0. The smallest absolute Gasteiger partial charge is 0.122 e. The third-order valence-corrected chi connectivity index (χ3v) is 4.26. The molecule has 1 aromatic rings. The molecule has 0 saturated heterocycles. The largest absolute Gasteiger partial charge is 0.371 e. The molecule has 0 aromatic carbocycles. The van der Waals surface area contributed by atoms with Gasteiger partial charge in [-0.1, -0.05) is 20.8 Å². The van der Waals surface area contributed by atoms with Gasteiger partial charge in [0.25, 0.3) is 0 Å². The molecule has 1 heterocycles. The lowest BCUT2D eigenvalue weighted by atomic mass is 10.1. The summed E-state index contributed by atoms with van der Waals surface area (Å²) in [6.45, 7) is 16.8. The van der Waals surface area contributed by atoms with E-state index in [9.17, 15) is 0 Å². The molecule has 1 rings (SSSR count). The van der Waals surface area contributed by atoms with Crippen molar-refractivity contribution in [2.24, 2.45) is 5.92 Å². The van der Waals surface area contributed by atoms with Crippen LogP contribution in [0.15, 0.2) is 0 Å². The zero-order chi connectivity index (χ0) is 15.3. The standard InChI is InChI=1S/C16H30N2OS/c1-8-12-13(10-17-16(5,6)7)20-15(18-12)14(11(3)4)19-9-2/h11,14,17H,8-10H2,1-7H3. The maximum atomic E-state index is 5.88. The molecule has 1 unspecified atom stereocenters. The van der Waals surface area contributed by atoms with Crippen molar-refractivity contribution in [3.05, 3.63) is 15.6 Å². The van der Waals surface area contributed by atoms with Crippen molar-refractivity contribution in [2.45, 2.75) is 73.1 Å². The molecule has 0 fully saturated rings. The van der Waals surface area contributed by atoms with Crippen LogP contribution in [0.3, 0.4) is 0 Å². The molecule has 1 atom stereocenters. The van der Waals surface area contributed by atoms with Crippen LogP contribution in [-0.4, -0.2) is 17.1 Å². The lowest BCUT2D eigenvalue weighted by Crippen LogP contribution is -2.35. The van der Waals surface area contributed by atoms with Crippen LogP contribution in [0.1, 0.15) is 70.1 Å². The SMILES string of the molecule is CCOC(c1nc(CC)c(CNC(C)(C)C)s1)C(C)C. The highest BCUT2D eigenvalue weighted by molar-refractivity contribution is 7.11. The molecule has 0 amide bonds. The number of rotatable bonds is 7. The Hall–Kier alpha value is -0.450. The molecule has 0 aliphatic rings. The molecule has 0 bridgehead atoms. The first-order valence-corrected chi connectivity index (χ1v) is 8.45. The zero-order valence-corrected chi connectivity index (χ0v) is 14.9. The molecule has 1 N–H and O–H groups in total. The molecule has 116 valence electrons. The molecule has 0 aliphatic carbocycles. The monoisotopic (exact) mass is 298 g/mol. The van der Waals surface area contributed by atoms with Gasteiger partial charge in [-0.15, -0.1) is 11.3 Å². The molecule has 20 heavy (non-hydrogen) atoms. The van der Waals surface area contributed by atoms with Crippen LogP contribution >= 0.6 is 11.3 Å². The van der Waals surface area contributed by atoms with E-state index >= 15 is 0 Å². The molecule has 0 spiro atoms. The van der Waals surface area contributed by atoms with Gasteiger partial charge in [-0.05, 0) is 40.0 Å². The Balaban J connectivity index is 2.92. The van der Waals surface area contributed by atoms with Crippen molar-refractivity contribution in [1.29, 1.82) is 0 Å². The number of nitrogens with one attached hydrogen (secondary N) is 1. The quantitative estimate of drug-likeness (QED) is 0.813. The van der Waals surface area contributed by atoms with E-state index in [0.29, 0.717) is 5.92 Å². The predicted molar refractivity (Wildman–Crippen MR) is 87.3 cm³/mol. The first kappa shape index (κ1) is 17.6. The summed E-state index contributed by atoms with van der Waals surface area (Å²) in [6, 6.07) is 0. The normalized spacial score (nSPS) is 14.0. The van der Waals surface area contributed by atoms with Gasteiger partial charge in [-0.2, -0.15) is 0 Å². The zero-order valence-electron chi connectivity index (χ0n) is 14.0. The number of aromatic nitrogens is 1. The van der Waals surface area contributed by atoms with E-state index in [1.165, 1.54) is 10.6 Å². The van der Waals surface area contributed by atoms with E-state index in [2.05, 4.69) is 46.9 Å². The summed E-state index contributed by atoms with van der Waals surface area (Å²) in [5.41, 5.74) is 1.35. The van der Waals surface area contributed by atoms with Crippen molar-refractivity contribution >= 4 is 11.3 Å². The highest BCUT2D eigenvalue weighted by Gasteiger charge is 2.22. The van der Waals surface area contributed by atoms with Crippen LogP contribution < -0.4 is 5.32 Å². The van der Waals surface area contributed by atoms with Crippen LogP contribution in [0.4, 0.5) is 0 Å². The van der Waals surface area contributed by atoms with Crippen molar-refractivity contribution < 1.29 is 4.74 Å². The van der Waals surface area contributed by atoms with Gasteiger partial charge in [0.2, 0.25) is 0 Å². The van der Waals surface area contributed by atoms with E-state index in [4.69, 9.17) is 9.72 Å². The fourth-order valence-electron chi connectivity index (χ4n) is 2.01. The third-order valence-electron chi connectivity index (χ3n) is 3.10. The number of thiazole rings is 1. The second-order valence-corrected chi connectivity index (χ2v) is 7.61. The van der Waals surface area contributed by atoms with Crippen LogP contribution in [0.5, 0.6) is 0 Å². The second kappa shape index (κ2) is 7.53. The van der Waals surface area contributed by atoms with E-state index in [1.807, 2.05) is 6.92 Å². The molecule has 1 aromatic heterocycles. The number of ether oxygens (including phenoxy) is 1. The van der Waals surface area contributed by atoms with Gasteiger partial charge in [0.1, 0.15) is 11.1 Å². The Morgan fingerprint density at radius 3 is 2.35 bits per heavy atom. The van der Waals surface area contributed by atoms with E-state index in [1.54, 1.807) is 11.3 Å². The summed E-state index contributed by atoms with van der Waals surface area (Å²) in [5, 5.41) is 4.69. The summed E-state index contributed by atoms with van der Waals surface area (Å²) < 4.78 is 5.88. The van der Waals surface area contributed by atoms with Crippen molar-refractivity contribution in [1.82, 2.24) is 10.3 Å². The Morgan fingerprint density at radius 2 is 1.90 bits per heavy atom. The van der Waals surface area contributed by atoms with Gasteiger partial charge in [-0.25, -0.2) is 4.98 Å².